The van der Waals surface area contributed by atoms with E-state index in [0.717, 1.165) is 19.0 Å². The minimum atomic E-state index is -0.833. The number of carbonyl (C=O) groups is 1. The van der Waals surface area contributed by atoms with E-state index < -0.39 is 5.97 Å². The molecule has 152 valence electrons. The van der Waals surface area contributed by atoms with Crippen LogP contribution in [0.4, 0.5) is 11.4 Å². The summed E-state index contributed by atoms with van der Waals surface area (Å²) in [5.41, 5.74) is 2.64. The van der Waals surface area contributed by atoms with Crippen LogP contribution in [0.2, 0.25) is 0 Å². The highest BCUT2D eigenvalue weighted by atomic mass is 16.4. The average molecular weight is 383 g/mol. The van der Waals surface area contributed by atoms with Gasteiger partial charge in [0.25, 0.3) is 5.97 Å². The molecule has 2 aromatic carbocycles. The minimum Gasteiger partial charge on any atom is -0.481 e. The lowest BCUT2D eigenvalue weighted by molar-refractivity contribution is -0.134. The fourth-order valence-corrected chi connectivity index (χ4v) is 4.34. The number of piperidine rings is 1. The van der Waals surface area contributed by atoms with Gasteiger partial charge in [-0.3, -0.25) is 4.79 Å². The maximum absolute atomic E-state index is 9.00. The number of nitrogens with zero attached hydrogens (tertiary/aromatic N) is 2. The molecule has 0 aromatic heterocycles. The number of carboxylic acid groups (broad SMARTS) is 1. The number of benzene rings is 2. The molecule has 4 heteroatoms. The molecule has 2 bridgehead atoms. The number of para-hydroxylation sites is 2. The zero-order valence-corrected chi connectivity index (χ0v) is 17.6. The van der Waals surface area contributed by atoms with Gasteiger partial charge in [0.15, 0.2) is 0 Å². The predicted octanol–water partition coefficient (Wildman–Crippen LogP) is 5.57. The van der Waals surface area contributed by atoms with Crippen molar-refractivity contribution in [3.63, 3.8) is 0 Å². The van der Waals surface area contributed by atoms with Crippen LogP contribution in [0.1, 0.15) is 46.5 Å². The fourth-order valence-electron chi connectivity index (χ4n) is 4.34. The summed E-state index contributed by atoms with van der Waals surface area (Å²) in [4.78, 5) is 14.2. The summed E-state index contributed by atoms with van der Waals surface area (Å²) in [6, 6.07) is 23.9. The second kappa shape index (κ2) is 10.9. The van der Waals surface area contributed by atoms with Crippen molar-refractivity contribution in [2.24, 2.45) is 0 Å². The normalized spacial score (nSPS) is 22.9. The van der Waals surface area contributed by atoms with Crippen LogP contribution in [-0.2, 0) is 4.79 Å². The van der Waals surface area contributed by atoms with Gasteiger partial charge >= 0.3 is 0 Å². The molecular formula is C24H34N2O2. The second-order valence-corrected chi connectivity index (χ2v) is 7.24. The molecule has 1 unspecified atom stereocenters. The van der Waals surface area contributed by atoms with Crippen LogP contribution in [0.15, 0.2) is 60.7 Å². The summed E-state index contributed by atoms with van der Waals surface area (Å²) in [5, 5.41) is 7.42. The Morgan fingerprint density at radius 3 is 1.61 bits per heavy atom. The molecule has 0 aliphatic carbocycles. The third-order valence-electron chi connectivity index (χ3n) is 5.51. The fraction of sp³-hybridized carbons (Fsp3) is 0.458. The monoisotopic (exact) mass is 382 g/mol. The lowest BCUT2D eigenvalue weighted by atomic mass is 9.95. The van der Waals surface area contributed by atoms with Crippen molar-refractivity contribution < 1.29 is 9.90 Å². The molecule has 2 aliphatic rings. The van der Waals surface area contributed by atoms with Crippen LogP contribution in [0.5, 0.6) is 0 Å². The van der Waals surface area contributed by atoms with Gasteiger partial charge in [0.05, 0.1) is 0 Å². The molecule has 2 fully saturated rings. The SMILES string of the molecule is CC.CC(=O)O.CN1[C@@H]2CC[C@H]1CC(N(c1ccccc1)c1ccccc1)C2. The van der Waals surface area contributed by atoms with Gasteiger partial charge in [-0.05, 0) is 57.0 Å². The van der Waals surface area contributed by atoms with Crippen molar-refractivity contribution in [1.82, 2.24) is 4.90 Å². The number of rotatable bonds is 3. The average Bonchev–Trinajstić information content (AvgIpc) is 2.92. The first-order valence-electron chi connectivity index (χ1n) is 10.4. The van der Waals surface area contributed by atoms with E-state index in [9.17, 15) is 0 Å². The molecule has 2 heterocycles. The highest BCUT2D eigenvalue weighted by Gasteiger charge is 2.40. The predicted molar refractivity (Wildman–Crippen MR) is 117 cm³/mol. The molecule has 28 heavy (non-hydrogen) atoms. The van der Waals surface area contributed by atoms with Crippen molar-refractivity contribution in [1.29, 1.82) is 0 Å². The first kappa shape index (κ1) is 22.0. The Labute approximate surface area is 169 Å². The Bertz CT molecular complexity index is 648. The molecule has 0 amide bonds. The van der Waals surface area contributed by atoms with Gasteiger partial charge in [0.2, 0.25) is 0 Å². The number of fused-ring (bicyclic) bond motifs is 2. The Balaban J connectivity index is 0.000000419. The standard InChI is InChI=1S/C20H24N2.C2H4O2.C2H6/c1-21-18-12-13-19(21)15-20(14-18)22(16-8-4-2-5-9-16)17-10-6-3-7-11-17;1-2(3)4;1-2/h2-11,18-20H,12-15H2,1H3;1H3,(H,3,4);1-2H3/t18-,19+,20?;;. The van der Waals surface area contributed by atoms with Gasteiger partial charge in [-0.25, -0.2) is 0 Å². The van der Waals surface area contributed by atoms with E-state index in [-0.39, 0.29) is 0 Å². The van der Waals surface area contributed by atoms with Gasteiger partial charge in [0, 0.05) is 36.4 Å². The smallest absolute Gasteiger partial charge is 0.300 e. The van der Waals surface area contributed by atoms with Gasteiger partial charge in [-0.1, -0.05) is 50.2 Å². The lowest BCUT2D eigenvalue weighted by Crippen LogP contribution is -2.47. The van der Waals surface area contributed by atoms with E-state index in [2.05, 4.69) is 77.5 Å². The van der Waals surface area contributed by atoms with E-state index in [1.165, 1.54) is 37.1 Å². The van der Waals surface area contributed by atoms with Gasteiger partial charge in [-0.15, -0.1) is 0 Å². The minimum absolute atomic E-state index is 0.610. The molecule has 1 N–H and O–H groups in total. The van der Waals surface area contributed by atoms with Crippen LogP contribution in [0.25, 0.3) is 0 Å². The van der Waals surface area contributed by atoms with Crippen LogP contribution in [0.3, 0.4) is 0 Å². The summed E-state index contributed by atoms with van der Waals surface area (Å²) in [6.45, 7) is 5.08. The molecule has 2 aliphatic heterocycles. The van der Waals surface area contributed by atoms with Crippen molar-refractivity contribution >= 4 is 17.3 Å². The van der Waals surface area contributed by atoms with Crippen LogP contribution < -0.4 is 4.90 Å². The third kappa shape index (κ3) is 5.59. The van der Waals surface area contributed by atoms with E-state index in [1.54, 1.807) is 0 Å². The number of hydrogen-bond acceptors (Lipinski definition) is 3. The van der Waals surface area contributed by atoms with E-state index in [1.807, 2.05) is 13.8 Å². The maximum Gasteiger partial charge on any atom is 0.300 e. The first-order chi connectivity index (χ1) is 13.6. The third-order valence-corrected chi connectivity index (χ3v) is 5.51. The van der Waals surface area contributed by atoms with Crippen molar-refractivity contribution in [3.8, 4) is 0 Å². The quantitative estimate of drug-likeness (QED) is 0.754. The summed E-state index contributed by atoms with van der Waals surface area (Å²) in [7, 11) is 2.31. The van der Waals surface area contributed by atoms with Crippen molar-refractivity contribution in [3.05, 3.63) is 60.7 Å². The van der Waals surface area contributed by atoms with E-state index in [0.29, 0.717) is 6.04 Å². The summed E-state index contributed by atoms with van der Waals surface area (Å²) in [5.74, 6) is -0.833. The lowest BCUT2D eigenvalue weighted by Gasteiger charge is -2.43. The summed E-state index contributed by atoms with van der Waals surface area (Å²) in [6.07, 6.45) is 5.29. The maximum atomic E-state index is 9.00. The zero-order valence-electron chi connectivity index (χ0n) is 17.6. The van der Waals surface area contributed by atoms with Crippen LogP contribution >= 0.6 is 0 Å². The molecule has 2 saturated heterocycles. The van der Waals surface area contributed by atoms with E-state index in [4.69, 9.17) is 9.90 Å². The summed E-state index contributed by atoms with van der Waals surface area (Å²) >= 11 is 0. The van der Waals surface area contributed by atoms with Gasteiger partial charge in [0.1, 0.15) is 0 Å². The number of hydrogen-bond donors (Lipinski definition) is 1. The molecule has 0 spiro atoms. The highest BCUT2D eigenvalue weighted by Crippen LogP contribution is 2.40. The Hall–Kier alpha value is -2.33. The molecule has 4 nitrogen and oxygen atoms in total. The van der Waals surface area contributed by atoms with Gasteiger partial charge < -0.3 is 14.9 Å². The Kier molecular flexibility index (Phi) is 8.52. The first-order valence-corrected chi connectivity index (χ1v) is 10.4. The molecule has 0 radical (unpaired) electrons. The molecule has 2 aromatic rings. The molecular weight excluding hydrogens is 348 g/mol. The number of aliphatic carboxylic acids is 1. The molecule has 3 atom stereocenters. The van der Waals surface area contributed by atoms with Crippen LogP contribution in [0, 0.1) is 0 Å². The van der Waals surface area contributed by atoms with E-state index >= 15 is 0 Å². The number of carboxylic acids is 1. The number of anilines is 2. The highest BCUT2D eigenvalue weighted by molar-refractivity contribution is 5.64. The summed E-state index contributed by atoms with van der Waals surface area (Å²) < 4.78 is 0. The molecule has 0 saturated carbocycles. The Morgan fingerprint density at radius 2 is 1.25 bits per heavy atom. The Morgan fingerprint density at radius 1 is 0.893 bits per heavy atom. The van der Waals surface area contributed by atoms with Crippen molar-refractivity contribution in [2.45, 2.75) is 64.6 Å². The topological polar surface area (TPSA) is 43.8 Å². The van der Waals surface area contributed by atoms with Crippen molar-refractivity contribution in [2.75, 3.05) is 11.9 Å². The second-order valence-electron chi connectivity index (χ2n) is 7.24. The van der Waals surface area contributed by atoms with Gasteiger partial charge in [-0.2, -0.15) is 0 Å². The van der Waals surface area contributed by atoms with Crippen LogP contribution in [-0.4, -0.2) is 41.1 Å². The largest absolute Gasteiger partial charge is 0.481 e. The zero-order chi connectivity index (χ0) is 20.5. The molecule has 4 rings (SSSR count).